The topological polar surface area (TPSA) is 29.5 Å². The van der Waals surface area contributed by atoms with Crippen molar-refractivity contribution in [1.82, 2.24) is 0 Å². The van der Waals surface area contributed by atoms with Gasteiger partial charge in [-0.2, -0.15) is 0 Å². The molecule has 0 aromatic heterocycles. The Morgan fingerprint density at radius 2 is 1.84 bits per heavy atom. The highest BCUT2D eigenvalue weighted by atomic mass is 28.4. The van der Waals surface area contributed by atoms with Crippen LogP contribution in [0.1, 0.15) is 59.8 Å². The maximum absolute atomic E-state index is 9.72. The van der Waals surface area contributed by atoms with Gasteiger partial charge in [-0.25, -0.2) is 0 Å². The fourth-order valence-electron chi connectivity index (χ4n) is 1.35. The molecule has 1 N–H and O–H groups in total. The minimum absolute atomic E-state index is 0.256. The van der Waals surface area contributed by atoms with Gasteiger partial charge in [0.15, 0.2) is 8.32 Å². The molecule has 0 aliphatic heterocycles. The molecule has 19 heavy (non-hydrogen) atoms. The third-order valence-electron chi connectivity index (χ3n) is 3.81. The summed E-state index contributed by atoms with van der Waals surface area (Å²) in [6, 6.07) is 0. The van der Waals surface area contributed by atoms with Gasteiger partial charge in [0, 0.05) is 13.0 Å². The van der Waals surface area contributed by atoms with Crippen molar-refractivity contribution in [1.29, 1.82) is 0 Å². The number of aliphatic hydroxyl groups is 1. The molecular formula is C16H32O2Si. The molecule has 0 saturated carbocycles. The minimum Gasteiger partial charge on any atom is -0.417 e. The summed E-state index contributed by atoms with van der Waals surface area (Å²) in [5, 5.41) is 9.98. The van der Waals surface area contributed by atoms with Crippen LogP contribution in [-0.2, 0) is 4.43 Å². The first kappa shape index (κ1) is 18.7. The molecule has 0 fully saturated rings. The molecule has 3 heteroatoms. The van der Waals surface area contributed by atoms with Crippen LogP contribution in [0.3, 0.4) is 0 Å². The van der Waals surface area contributed by atoms with Crippen LogP contribution in [-0.4, -0.2) is 26.1 Å². The van der Waals surface area contributed by atoms with Gasteiger partial charge >= 0.3 is 0 Å². The molecule has 0 aliphatic carbocycles. The molecule has 1 unspecified atom stereocenters. The number of hydrogen-bond donors (Lipinski definition) is 1. The van der Waals surface area contributed by atoms with Crippen molar-refractivity contribution in [3.05, 3.63) is 0 Å². The van der Waals surface area contributed by atoms with Gasteiger partial charge in [-0.15, -0.1) is 5.92 Å². The molecule has 0 rings (SSSR count). The molecule has 0 radical (unpaired) electrons. The zero-order valence-electron chi connectivity index (χ0n) is 13.7. The summed E-state index contributed by atoms with van der Waals surface area (Å²) >= 11 is 0. The molecule has 0 aliphatic rings. The second-order valence-corrected chi connectivity index (χ2v) is 11.5. The van der Waals surface area contributed by atoms with Gasteiger partial charge in [-0.05, 0) is 37.4 Å². The number of unbranched alkanes of at least 4 members (excludes halogenated alkanes) is 2. The van der Waals surface area contributed by atoms with E-state index in [-0.39, 0.29) is 5.04 Å². The van der Waals surface area contributed by atoms with E-state index in [0.717, 1.165) is 32.3 Å². The van der Waals surface area contributed by atoms with E-state index in [1.807, 2.05) is 0 Å². The van der Waals surface area contributed by atoms with Crippen molar-refractivity contribution >= 4 is 8.32 Å². The normalized spacial score (nSPS) is 13.8. The smallest absolute Gasteiger partial charge is 0.191 e. The first-order valence-corrected chi connectivity index (χ1v) is 10.4. The predicted octanol–water partition coefficient (Wildman–Crippen LogP) is 4.34. The highest BCUT2D eigenvalue weighted by Gasteiger charge is 2.36. The van der Waals surface area contributed by atoms with Crippen LogP contribution in [0.25, 0.3) is 0 Å². The summed E-state index contributed by atoms with van der Waals surface area (Å²) in [5.74, 6) is 5.94. The van der Waals surface area contributed by atoms with E-state index in [2.05, 4.69) is 52.6 Å². The van der Waals surface area contributed by atoms with E-state index in [4.69, 9.17) is 4.43 Å². The zero-order chi connectivity index (χ0) is 14.9. The van der Waals surface area contributed by atoms with Gasteiger partial charge < -0.3 is 9.53 Å². The first-order valence-electron chi connectivity index (χ1n) is 7.51. The quantitative estimate of drug-likeness (QED) is 0.428. The van der Waals surface area contributed by atoms with Crippen LogP contribution >= 0.6 is 0 Å². The Morgan fingerprint density at radius 1 is 1.21 bits per heavy atom. The van der Waals surface area contributed by atoms with E-state index < -0.39 is 14.4 Å². The Hall–Kier alpha value is -0.303. The van der Waals surface area contributed by atoms with E-state index in [0.29, 0.717) is 6.42 Å². The summed E-state index contributed by atoms with van der Waals surface area (Å²) in [4.78, 5) is 0. The van der Waals surface area contributed by atoms with Gasteiger partial charge in [0.2, 0.25) is 0 Å². The van der Waals surface area contributed by atoms with Crippen molar-refractivity contribution in [2.75, 3.05) is 6.61 Å². The van der Waals surface area contributed by atoms with Crippen LogP contribution in [0.2, 0.25) is 18.1 Å². The fraction of sp³-hybridized carbons (Fsp3) is 0.875. The number of aliphatic hydroxyl groups excluding tert-OH is 1. The third-order valence-corrected chi connectivity index (χ3v) is 8.35. The molecule has 112 valence electrons. The number of rotatable bonds is 7. The molecule has 1 atom stereocenters. The largest absolute Gasteiger partial charge is 0.417 e. The van der Waals surface area contributed by atoms with Crippen LogP contribution in [0, 0.1) is 11.8 Å². The monoisotopic (exact) mass is 284 g/mol. The maximum atomic E-state index is 9.72. The van der Waals surface area contributed by atoms with Gasteiger partial charge in [-0.3, -0.25) is 0 Å². The second kappa shape index (κ2) is 8.79. The van der Waals surface area contributed by atoms with Crippen molar-refractivity contribution in [3.8, 4) is 11.8 Å². The molecule has 0 bridgehead atoms. The van der Waals surface area contributed by atoms with Gasteiger partial charge in [0.25, 0.3) is 0 Å². The molecule has 0 saturated heterocycles. The summed E-state index contributed by atoms with van der Waals surface area (Å²) in [6.07, 6.45) is 4.29. The fourth-order valence-corrected chi connectivity index (χ4v) is 2.44. The Labute approximate surface area is 121 Å². The molecule has 2 nitrogen and oxygen atoms in total. The van der Waals surface area contributed by atoms with Crippen LogP contribution in [0.5, 0.6) is 0 Å². The lowest BCUT2D eigenvalue weighted by Gasteiger charge is -2.36. The first-order chi connectivity index (χ1) is 8.70. The Kier molecular flexibility index (Phi) is 8.65. The van der Waals surface area contributed by atoms with E-state index in [1.165, 1.54) is 0 Å². The highest BCUT2D eigenvalue weighted by molar-refractivity contribution is 6.74. The lowest BCUT2D eigenvalue weighted by molar-refractivity contribution is 0.198. The Balaban J connectivity index is 3.82. The lowest BCUT2D eigenvalue weighted by atomic mass is 10.2. The molecule has 0 aromatic carbocycles. The van der Waals surface area contributed by atoms with Crippen molar-refractivity contribution in [3.63, 3.8) is 0 Å². The third kappa shape index (κ3) is 8.46. The molecule has 0 heterocycles. The summed E-state index contributed by atoms with van der Waals surface area (Å²) in [7, 11) is -1.63. The molecular weight excluding hydrogens is 252 g/mol. The van der Waals surface area contributed by atoms with E-state index >= 15 is 0 Å². The van der Waals surface area contributed by atoms with Crippen molar-refractivity contribution in [2.45, 2.75) is 84.0 Å². The summed E-state index contributed by atoms with van der Waals surface area (Å²) < 4.78 is 6.07. The minimum atomic E-state index is -1.63. The maximum Gasteiger partial charge on any atom is 0.191 e. The average molecular weight is 285 g/mol. The van der Waals surface area contributed by atoms with Crippen molar-refractivity contribution < 1.29 is 9.53 Å². The van der Waals surface area contributed by atoms with Crippen LogP contribution in [0.15, 0.2) is 0 Å². The van der Waals surface area contributed by atoms with Crippen LogP contribution < -0.4 is 0 Å². The number of hydrogen-bond acceptors (Lipinski definition) is 2. The zero-order valence-corrected chi connectivity index (χ0v) is 14.7. The standard InChI is InChI=1S/C16H32O2Si/c1-7-8-9-10-12-15(17)13-11-14-18-19(5,6)16(2,3)4/h15,17H,7-9,11,13-14H2,1-6H3. The highest BCUT2D eigenvalue weighted by Crippen LogP contribution is 2.36. The van der Waals surface area contributed by atoms with Gasteiger partial charge in [0.1, 0.15) is 6.10 Å². The Bertz CT molecular complexity index is 294. The Morgan fingerprint density at radius 3 is 2.37 bits per heavy atom. The van der Waals surface area contributed by atoms with E-state index in [1.54, 1.807) is 0 Å². The molecule has 0 spiro atoms. The molecule has 0 amide bonds. The second-order valence-electron chi connectivity index (χ2n) is 6.69. The average Bonchev–Trinajstić information content (AvgIpc) is 2.29. The lowest BCUT2D eigenvalue weighted by Crippen LogP contribution is -2.41. The van der Waals surface area contributed by atoms with E-state index in [9.17, 15) is 5.11 Å². The van der Waals surface area contributed by atoms with Gasteiger partial charge in [-0.1, -0.05) is 40.0 Å². The van der Waals surface area contributed by atoms with Crippen LogP contribution in [0.4, 0.5) is 0 Å². The SMILES string of the molecule is CCCCC#CC(O)CCCO[Si](C)(C)C(C)(C)C. The summed E-state index contributed by atoms with van der Waals surface area (Å²) in [6.45, 7) is 14.1. The molecule has 0 aromatic rings. The summed E-state index contributed by atoms with van der Waals surface area (Å²) in [5.41, 5.74) is 0. The van der Waals surface area contributed by atoms with Crippen molar-refractivity contribution in [2.24, 2.45) is 0 Å². The predicted molar refractivity (Wildman–Crippen MR) is 85.7 cm³/mol. The van der Waals surface area contributed by atoms with Gasteiger partial charge in [0.05, 0.1) is 0 Å².